The maximum atomic E-state index is 12.7. The van der Waals surface area contributed by atoms with E-state index in [9.17, 15) is 9.90 Å². The Hall–Kier alpha value is -2.14. The predicted octanol–water partition coefficient (Wildman–Crippen LogP) is 2.75. The summed E-state index contributed by atoms with van der Waals surface area (Å²) >= 11 is 0. The van der Waals surface area contributed by atoms with E-state index in [2.05, 4.69) is 29.4 Å². The number of likely N-dealkylation sites (tertiary alicyclic amines) is 1. The van der Waals surface area contributed by atoms with Gasteiger partial charge in [0.1, 0.15) is 0 Å². The Bertz CT molecular complexity index is 677. The zero-order chi connectivity index (χ0) is 18.4. The molecule has 1 saturated heterocycles. The van der Waals surface area contributed by atoms with Crippen molar-refractivity contribution < 1.29 is 9.90 Å². The van der Waals surface area contributed by atoms with Gasteiger partial charge >= 0.3 is 0 Å². The van der Waals surface area contributed by atoms with Gasteiger partial charge in [0.2, 0.25) is 5.91 Å². The van der Waals surface area contributed by atoms with Gasteiger partial charge in [-0.1, -0.05) is 37.3 Å². The fourth-order valence-corrected chi connectivity index (χ4v) is 3.82. The first-order valence-electron chi connectivity index (χ1n) is 9.53. The van der Waals surface area contributed by atoms with Crippen LogP contribution in [-0.2, 0) is 17.8 Å². The molecule has 2 aromatic rings. The van der Waals surface area contributed by atoms with Crippen LogP contribution in [0.3, 0.4) is 0 Å². The standard InChI is InChI=1S/C21H29N3O2/c1-18(16-24-13-5-12-22-24)20(26)23-14-10-21(17-25,11-15-23)9-8-19-6-3-2-4-7-19/h2-7,12-13,18,25H,8-11,14-17H2,1H3/t18-/m0/s1. The summed E-state index contributed by atoms with van der Waals surface area (Å²) in [7, 11) is 0. The highest BCUT2D eigenvalue weighted by molar-refractivity contribution is 5.78. The number of aliphatic hydroxyl groups is 1. The second-order valence-corrected chi connectivity index (χ2v) is 7.60. The van der Waals surface area contributed by atoms with Gasteiger partial charge < -0.3 is 10.0 Å². The maximum Gasteiger partial charge on any atom is 0.227 e. The molecule has 5 heteroatoms. The van der Waals surface area contributed by atoms with Gasteiger partial charge in [-0.15, -0.1) is 0 Å². The van der Waals surface area contributed by atoms with Crippen LogP contribution in [0.2, 0.25) is 0 Å². The van der Waals surface area contributed by atoms with Crippen LogP contribution in [0.15, 0.2) is 48.8 Å². The zero-order valence-corrected chi connectivity index (χ0v) is 15.6. The number of aromatic nitrogens is 2. The smallest absolute Gasteiger partial charge is 0.227 e. The Balaban J connectivity index is 1.52. The first kappa shape index (κ1) is 18.6. The summed E-state index contributed by atoms with van der Waals surface area (Å²) in [5.74, 6) is 0.107. The number of piperidine rings is 1. The molecule has 1 amide bonds. The molecule has 0 unspecified atom stereocenters. The molecule has 1 N–H and O–H groups in total. The third kappa shape index (κ3) is 4.52. The number of amides is 1. The average Bonchev–Trinajstić information content (AvgIpc) is 3.20. The Kier molecular flexibility index (Phi) is 6.09. The van der Waals surface area contributed by atoms with Crippen LogP contribution in [0.5, 0.6) is 0 Å². The molecule has 0 spiro atoms. The van der Waals surface area contributed by atoms with E-state index in [4.69, 9.17) is 0 Å². The third-order valence-corrected chi connectivity index (χ3v) is 5.70. The molecule has 26 heavy (non-hydrogen) atoms. The molecule has 0 bridgehead atoms. The van der Waals surface area contributed by atoms with Crippen LogP contribution in [0.4, 0.5) is 0 Å². The van der Waals surface area contributed by atoms with Crippen LogP contribution in [-0.4, -0.2) is 45.4 Å². The fraction of sp³-hybridized carbons (Fsp3) is 0.524. The van der Waals surface area contributed by atoms with Crippen molar-refractivity contribution in [2.24, 2.45) is 11.3 Å². The number of nitrogens with zero attached hydrogens (tertiary/aromatic N) is 3. The Morgan fingerprint density at radius 3 is 2.58 bits per heavy atom. The molecule has 1 aliphatic heterocycles. The van der Waals surface area contributed by atoms with Crippen molar-refractivity contribution in [3.8, 4) is 0 Å². The van der Waals surface area contributed by atoms with E-state index in [1.807, 2.05) is 34.8 Å². The largest absolute Gasteiger partial charge is 0.396 e. The molecule has 1 aromatic carbocycles. The highest BCUT2D eigenvalue weighted by Gasteiger charge is 2.36. The molecule has 5 nitrogen and oxygen atoms in total. The lowest BCUT2D eigenvalue weighted by Crippen LogP contribution is -2.47. The topological polar surface area (TPSA) is 58.4 Å². The predicted molar refractivity (Wildman–Crippen MR) is 101 cm³/mol. The molecule has 2 heterocycles. The van der Waals surface area contributed by atoms with Crippen molar-refractivity contribution in [1.29, 1.82) is 0 Å². The van der Waals surface area contributed by atoms with Crippen molar-refractivity contribution in [3.63, 3.8) is 0 Å². The Morgan fingerprint density at radius 1 is 1.23 bits per heavy atom. The van der Waals surface area contributed by atoms with Crippen LogP contribution in [0.25, 0.3) is 0 Å². The summed E-state index contributed by atoms with van der Waals surface area (Å²) in [5, 5.41) is 14.2. The van der Waals surface area contributed by atoms with Crippen molar-refractivity contribution >= 4 is 5.91 Å². The van der Waals surface area contributed by atoms with Crippen molar-refractivity contribution in [3.05, 3.63) is 54.4 Å². The van der Waals surface area contributed by atoms with Gasteiger partial charge in [-0.3, -0.25) is 9.48 Å². The highest BCUT2D eigenvalue weighted by Crippen LogP contribution is 2.36. The number of hydrogen-bond acceptors (Lipinski definition) is 3. The van der Waals surface area contributed by atoms with Gasteiger partial charge in [0, 0.05) is 32.1 Å². The van der Waals surface area contributed by atoms with E-state index < -0.39 is 0 Å². The summed E-state index contributed by atoms with van der Waals surface area (Å²) in [4.78, 5) is 14.7. The van der Waals surface area contributed by atoms with Gasteiger partial charge in [0.25, 0.3) is 0 Å². The summed E-state index contributed by atoms with van der Waals surface area (Å²) < 4.78 is 1.81. The average molecular weight is 355 g/mol. The second-order valence-electron chi connectivity index (χ2n) is 7.60. The molecular formula is C21H29N3O2. The Labute approximate surface area is 155 Å². The van der Waals surface area contributed by atoms with Crippen molar-refractivity contribution in [1.82, 2.24) is 14.7 Å². The number of aryl methyl sites for hydroxylation is 1. The summed E-state index contributed by atoms with van der Waals surface area (Å²) in [6.07, 6.45) is 7.32. The summed E-state index contributed by atoms with van der Waals surface area (Å²) in [6, 6.07) is 12.3. The van der Waals surface area contributed by atoms with Gasteiger partial charge in [-0.2, -0.15) is 5.10 Å². The summed E-state index contributed by atoms with van der Waals surface area (Å²) in [5.41, 5.74) is 1.25. The van der Waals surface area contributed by atoms with Crippen LogP contribution >= 0.6 is 0 Å². The number of carbonyl (C=O) groups excluding carboxylic acids is 1. The minimum Gasteiger partial charge on any atom is -0.396 e. The van der Waals surface area contributed by atoms with E-state index in [0.717, 1.165) is 38.8 Å². The van der Waals surface area contributed by atoms with Crippen LogP contribution in [0, 0.1) is 11.3 Å². The van der Waals surface area contributed by atoms with E-state index >= 15 is 0 Å². The molecule has 3 rings (SSSR count). The van der Waals surface area contributed by atoms with Crippen LogP contribution in [0.1, 0.15) is 31.7 Å². The van der Waals surface area contributed by atoms with Gasteiger partial charge in [-0.05, 0) is 42.7 Å². The number of aliphatic hydroxyl groups excluding tert-OH is 1. The zero-order valence-electron chi connectivity index (χ0n) is 15.6. The molecule has 1 atom stereocenters. The normalized spacial score (nSPS) is 17.8. The number of hydrogen-bond donors (Lipinski definition) is 1. The second kappa shape index (κ2) is 8.49. The third-order valence-electron chi connectivity index (χ3n) is 5.70. The summed E-state index contributed by atoms with van der Waals surface area (Å²) in [6.45, 7) is 4.24. The van der Waals surface area contributed by atoms with E-state index in [1.54, 1.807) is 6.20 Å². The lowest BCUT2D eigenvalue weighted by Gasteiger charge is -2.41. The van der Waals surface area contributed by atoms with Crippen molar-refractivity contribution in [2.45, 2.75) is 39.2 Å². The highest BCUT2D eigenvalue weighted by atomic mass is 16.3. The molecule has 1 aromatic heterocycles. The molecule has 1 fully saturated rings. The lowest BCUT2D eigenvalue weighted by molar-refractivity contribution is -0.138. The lowest BCUT2D eigenvalue weighted by atomic mass is 9.74. The minimum atomic E-state index is -0.0826. The molecule has 1 aliphatic rings. The fourth-order valence-electron chi connectivity index (χ4n) is 3.82. The van der Waals surface area contributed by atoms with Crippen molar-refractivity contribution in [2.75, 3.05) is 19.7 Å². The minimum absolute atomic E-state index is 0.0577. The number of benzene rings is 1. The first-order valence-corrected chi connectivity index (χ1v) is 9.53. The Morgan fingerprint density at radius 2 is 1.96 bits per heavy atom. The van der Waals surface area contributed by atoms with Crippen LogP contribution < -0.4 is 0 Å². The van der Waals surface area contributed by atoms with Gasteiger partial charge in [0.15, 0.2) is 0 Å². The maximum absolute atomic E-state index is 12.7. The molecule has 140 valence electrons. The monoisotopic (exact) mass is 355 g/mol. The quantitative estimate of drug-likeness (QED) is 0.831. The number of rotatable bonds is 7. The number of carbonyl (C=O) groups is 1. The molecule has 0 radical (unpaired) electrons. The molecular weight excluding hydrogens is 326 g/mol. The molecule has 0 aliphatic carbocycles. The van der Waals surface area contributed by atoms with Gasteiger partial charge in [0.05, 0.1) is 12.5 Å². The molecule has 0 saturated carbocycles. The van der Waals surface area contributed by atoms with E-state index in [0.29, 0.717) is 6.54 Å². The van der Waals surface area contributed by atoms with E-state index in [1.165, 1.54) is 5.56 Å². The SMILES string of the molecule is C[C@@H](Cn1cccn1)C(=O)N1CCC(CO)(CCc2ccccc2)CC1. The van der Waals surface area contributed by atoms with Gasteiger partial charge in [-0.25, -0.2) is 0 Å². The van der Waals surface area contributed by atoms with E-state index in [-0.39, 0.29) is 23.8 Å². The first-order chi connectivity index (χ1) is 12.6.